The molecule has 1 heterocycles. The number of carbonyl (C=O) groups excluding carboxylic acids is 2. The molecule has 23 heavy (non-hydrogen) atoms. The number of amides is 3. The SMILES string of the molecule is CC(C)NC(=O)Nc1ccc(C(=O)N2CCNCC2C)cc1.Cl. The minimum Gasteiger partial charge on any atom is -0.336 e. The molecule has 3 amide bonds. The standard InChI is InChI=1S/C16H24N4O2.ClH/c1-11(2)18-16(22)19-14-6-4-13(5-7-14)15(21)20-9-8-17-10-12(20)3;/h4-7,11-12,17H,8-10H2,1-3H3,(H2,18,19,22);1H. The van der Waals surface area contributed by atoms with E-state index in [4.69, 9.17) is 0 Å². The van der Waals surface area contributed by atoms with E-state index in [-0.39, 0.29) is 36.4 Å². The predicted octanol–water partition coefficient (Wildman–Crippen LogP) is 2.07. The molecule has 0 radical (unpaired) electrons. The summed E-state index contributed by atoms with van der Waals surface area (Å²) in [4.78, 5) is 26.0. The molecule has 0 aliphatic carbocycles. The Kier molecular flexibility index (Phi) is 7.32. The van der Waals surface area contributed by atoms with Crippen molar-refractivity contribution in [2.75, 3.05) is 25.0 Å². The van der Waals surface area contributed by atoms with Crippen LogP contribution in [-0.4, -0.2) is 48.6 Å². The number of carbonyl (C=O) groups is 2. The van der Waals surface area contributed by atoms with Gasteiger partial charge in [-0.3, -0.25) is 4.79 Å². The van der Waals surface area contributed by atoms with Crippen molar-refractivity contribution in [2.24, 2.45) is 0 Å². The zero-order valence-electron chi connectivity index (χ0n) is 13.8. The van der Waals surface area contributed by atoms with E-state index in [1.807, 2.05) is 25.7 Å². The molecule has 7 heteroatoms. The largest absolute Gasteiger partial charge is 0.336 e. The summed E-state index contributed by atoms with van der Waals surface area (Å²) in [5.41, 5.74) is 1.31. The van der Waals surface area contributed by atoms with Gasteiger partial charge in [0.1, 0.15) is 0 Å². The molecule has 0 saturated carbocycles. The van der Waals surface area contributed by atoms with Crippen molar-refractivity contribution in [3.8, 4) is 0 Å². The average molecular weight is 341 g/mol. The lowest BCUT2D eigenvalue weighted by Crippen LogP contribution is -2.52. The number of benzene rings is 1. The number of urea groups is 1. The molecule has 1 unspecified atom stereocenters. The van der Waals surface area contributed by atoms with Crippen LogP contribution in [0.15, 0.2) is 24.3 Å². The lowest BCUT2D eigenvalue weighted by molar-refractivity contribution is 0.0656. The van der Waals surface area contributed by atoms with Gasteiger partial charge in [-0.25, -0.2) is 4.79 Å². The highest BCUT2D eigenvalue weighted by atomic mass is 35.5. The second-order valence-corrected chi connectivity index (χ2v) is 5.88. The third kappa shape index (κ3) is 5.41. The second kappa shape index (κ2) is 8.74. The molecule has 128 valence electrons. The first-order valence-corrected chi connectivity index (χ1v) is 7.66. The summed E-state index contributed by atoms with van der Waals surface area (Å²) >= 11 is 0. The number of nitrogens with one attached hydrogen (secondary N) is 3. The minimum absolute atomic E-state index is 0. The van der Waals surface area contributed by atoms with Crippen LogP contribution in [0.5, 0.6) is 0 Å². The second-order valence-electron chi connectivity index (χ2n) is 5.88. The van der Waals surface area contributed by atoms with Crippen LogP contribution in [0.1, 0.15) is 31.1 Å². The Balaban J connectivity index is 0.00000264. The molecule has 0 bridgehead atoms. The monoisotopic (exact) mass is 340 g/mol. The van der Waals surface area contributed by atoms with Gasteiger partial charge < -0.3 is 20.9 Å². The fourth-order valence-electron chi connectivity index (χ4n) is 2.43. The topological polar surface area (TPSA) is 73.5 Å². The van der Waals surface area contributed by atoms with Gasteiger partial charge in [0.2, 0.25) is 0 Å². The van der Waals surface area contributed by atoms with Crippen LogP contribution in [0.2, 0.25) is 0 Å². The van der Waals surface area contributed by atoms with Crippen molar-refractivity contribution in [1.82, 2.24) is 15.5 Å². The highest BCUT2D eigenvalue weighted by molar-refractivity contribution is 5.95. The molecule has 1 aliphatic rings. The van der Waals surface area contributed by atoms with E-state index in [0.29, 0.717) is 11.3 Å². The van der Waals surface area contributed by atoms with Crippen molar-refractivity contribution in [3.05, 3.63) is 29.8 Å². The zero-order valence-corrected chi connectivity index (χ0v) is 14.6. The summed E-state index contributed by atoms with van der Waals surface area (Å²) in [5, 5.41) is 8.77. The first-order chi connectivity index (χ1) is 10.5. The van der Waals surface area contributed by atoms with Crippen molar-refractivity contribution < 1.29 is 9.59 Å². The number of hydrogen-bond acceptors (Lipinski definition) is 3. The number of nitrogens with zero attached hydrogens (tertiary/aromatic N) is 1. The van der Waals surface area contributed by atoms with Gasteiger partial charge in [0.15, 0.2) is 0 Å². The van der Waals surface area contributed by atoms with Crippen LogP contribution in [-0.2, 0) is 0 Å². The van der Waals surface area contributed by atoms with Crippen LogP contribution < -0.4 is 16.0 Å². The van der Waals surface area contributed by atoms with Gasteiger partial charge in [-0.1, -0.05) is 0 Å². The Morgan fingerprint density at radius 2 is 1.91 bits per heavy atom. The van der Waals surface area contributed by atoms with E-state index >= 15 is 0 Å². The molecule has 3 N–H and O–H groups in total. The van der Waals surface area contributed by atoms with Crippen LogP contribution in [0.4, 0.5) is 10.5 Å². The van der Waals surface area contributed by atoms with Crippen molar-refractivity contribution in [1.29, 1.82) is 0 Å². The Hall–Kier alpha value is -1.79. The molecular formula is C16H25ClN4O2. The van der Waals surface area contributed by atoms with Crippen molar-refractivity contribution in [3.63, 3.8) is 0 Å². The zero-order chi connectivity index (χ0) is 16.1. The fourth-order valence-corrected chi connectivity index (χ4v) is 2.43. The third-order valence-electron chi connectivity index (χ3n) is 3.57. The van der Waals surface area contributed by atoms with Crippen LogP contribution in [0.25, 0.3) is 0 Å². The molecule has 0 aromatic heterocycles. The van der Waals surface area contributed by atoms with E-state index in [9.17, 15) is 9.59 Å². The van der Waals surface area contributed by atoms with E-state index in [1.54, 1.807) is 24.3 Å². The smallest absolute Gasteiger partial charge is 0.319 e. The molecule has 1 fully saturated rings. The highest BCUT2D eigenvalue weighted by Gasteiger charge is 2.23. The van der Waals surface area contributed by atoms with E-state index in [0.717, 1.165) is 19.6 Å². The van der Waals surface area contributed by atoms with Gasteiger partial charge >= 0.3 is 6.03 Å². The molecule has 1 saturated heterocycles. The molecule has 2 rings (SSSR count). The van der Waals surface area contributed by atoms with Crippen LogP contribution >= 0.6 is 12.4 Å². The number of hydrogen-bond donors (Lipinski definition) is 3. The summed E-state index contributed by atoms with van der Waals surface area (Å²) < 4.78 is 0. The number of halogens is 1. The minimum atomic E-state index is -0.246. The van der Waals surface area contributed by atoms with Gasteiger partial charge in [0.25, 0.3) is 5.91 Å². The molecule has 1 aromatic rings. The Morgan fingerprint density at radius 1 is 1.26 bits per heavy atom. The van der Waals surface area contributed by atoms with E-state index < -0.39 is 0 Å². The summed E-state index contributed by atoms with van der Waals surface area (Å²) in [6.07, 6.45) is 0. The number of piperazine rings is 1. The van der Waals surface area contributed by atoms with Gasteiger partial charge in [-0.15, -0.1) is 12.4 Å². The normalized spacial score (nSPS) is 17.4. The van der Waals surface area contributed by atoms with Gasteiger partial charge in [-0.2, -0.15) is 0 Å². The van der Waals surface area contributed by atoms with E-state index in [2.05, 4.69) is 16.0 Å². The summed E-state index contributed by atoms with van der Waals surface area (Å²) in [5.74, 6) is 0.0344. The lowest BCUT2D eigenvalue weighted by Gasteiger charge is -2.34. The first-order valence-electron chi connectivity index (χ1n) is 7.66. The van der Waals surface area contributed by atoms with Crippen LogP contribution in [0.3, 0.4) is 0 Å². The molecule has 1 aromatic carbocycles. The maximum Gasteiger partial charge on any atom is 0.319 e. The summed E-state index contributed by atoms with van der Waals surface area (Å²) in [7, 11) is 0. The first kappa shape index (κ1) is 19.3. The Labute approximate surface area is 143 Å². The van der Waals surface area contributed by atoms with E-state index in [1.165, 1.54) is 0 Å². The molecule has 1 atom stereocenters. The van der Waals surface area contributed by atoms with Gasteiger partial charge in [-0.05, 0) is 45.0 Å². The predicted molar refractivity (Wildman–Crippen MR) is 94.3 cm³/mol. The Bertz CT molecular complexity index is 533. The quantitative estimate of drug-likeness (QED) is 0.788. The van der Waals surface area contributed by atoms with Crippen molar-refractivity contribution in [2.45, 2.75) is 32.9 Å². The maximum absolute atomic E-state index is 12.5. The maximum atomic E-state index is 12.5. The van der Waals surface area contributed by atoms with Crippen LogP contribution in [0, 0.1) is 0 Å². The average Bonchev–Trinajstić information content (AvgIpc) is 2.47. The molecule has 6 nitrogen and oxygen atoms in total. The van der Waals surface area contributed by atoms with Gasteiger partial charge in [0, 0.05) is 43.0 Å². The number of rotatable bonds is 3. The Morgan fingerprint density at radius 3 is 2.48 bits per heavy atom. The molecule has 1 aliphatic heterocycles. The summed E-state index contributed by atoms with van der Waals surface area (Å²) in [6.45, 7) is 8.20. The number of anilines is 1. The highest BCUT2D eigenvalue weighted by Crippen LogP contribution is 2.14. The fraction of sp³-hybridized carbons (Fsp3) is 0.500. The van der Waals surface area contributed by atoms with Gasteiger partial charge in [0.05, 0.1) is 0 Å². The molecule has 0 spiro atoms. The summed E-state index contributed by atoms with van der Waals surface area (Å²) in [6, 6.07) is 7.03. The third-order valence-corrected chi connectivity index (χ3v) is 3.57. The lowest BCUT2D eigenvalue weighted by atomic mass is 10.1. The molecular weight excluding hydrogens is 316 g/mol. The van der Waals surface area contributed by atoms with Crippen molar-refractivity contribution >= 4 is 30.0 Å².